The van der Waals surface area contributed by atoms with E-state index in [2.05, 4.69) is 9.73 Å². The molecule has 0 atom stereocenters. The van der Waals surface area contributed by atoms with Gasteiger partial charge in [0.05, 0.1) is 36.6 Å². The molecule has 0 aliphatic carbocycles. The first-order chi connectivity index (χ1) is 14.5. The topological polar surface area (TPSA) is 96.2 Å². The molecule has 3 aromatic rings. The van der Waals surface area contributed by atoms with Gasteiger partial charge in [-0.25, -0.2) is 4.79 Å². The molecular formula is C21H20N2O6S. The van der Waals surface area contributed by atoms with Crippen LogP contribution in [0.4, 0.5) is 0 Å². The first kappa shape index (κ1) is 21.3. The SMILES string of the molecule is CCOC(=O)Cn1c(=NC(=O)c2ccc(C(=O)OC)cc2)sc2cc(OC)ccc21. The summed E-state index contributed by atoms with van der Waals surface area (Å²) in [5.41, 5.74) is 1.38. The van der Waals surface area contributed by atoms with E-state index in [9.17, 15) is 14.4 Å². The van der Waals surface area contributed by atoms with Gasteiger partial charge in [0.25, 0.3) is 5.91 Å². The van der Waals surface area contributed by atoms with Crippen LogP contribution >= 0.6 is 11.3 Å². The highest BCUT2D eigenvalue weighted by molar-refractivity contribution is 7.16. The number of nitrogens with zero attached hydrogens (tertiary/aromatic N) is 2. The Bertz CT molecular complexity index is 1160. The largest absolute Gasteiger partial charge is 0.497 e. The zero-order valence-electron chi connectivity index (χ0n) is 16.7. The zero-order valence-corrected chi connectivity index (χ0v) is 17.5. The van der Waals surface area contributed by atoms with E-state index in [1.807, 2.05) is 6.07 Å². The number of amides is 1. The Morgan fingerprint density at radius 2 is 1.73 bits per heavy atom. The molecule has 1 heterocycles. The molecule has 3 rings (SSSR count). The third kappa shape index (κ3) is 4.57. The molecule has 1 amide bonds. The normalized spacial score (nSPS) is 11.4. The Hall–Kier alpha value is -3.46. The minimum Gasteiger partial charge on any atom is -0.497 e. The number of methoxy groups -OCH3 is 2. The number of hydrogen-bond donors (Lipinski definition) is 0. The van der Waals surface area contributed by atoms with Crippen molar-refractivity contribution in [2.45, 2.75) is 13.5 Å². The molecule has 9 heteroatoms. The molecule has 0 saturated carbocycles. The van der Waals surface area contributed by atoms with Crippen LogP contribution in [-0.2, 0) is 20.8 Å². The van der Waals surface area contributed by atoms with Gasteiger partial charge in [-0.1, -0.05) is 11.3 Å². The van der Waals surface area contributed by atoms with Crippen molar-refractivity contribution in [3.05, 3.63) is 58.4 Å². The predicted molar refractivity (Wildman–Crippen MR) is 111 cm³/mol. The summed E-state index contributed by atoms with van der Waals surface area (Å²) >= 11 is 1.26. The van der Waals surface area contributed by atoms with E-state index in [0.717, 1.165) is 10.2 Å². The van der Waals surface area contributed by atoms with Gasteiger partial charge in [0.15, 0.2) is 4.80 Å². The number of carbonyl (C=O) groups excluding carboxylic acids is 3. The van der Waals surface area contributed by atoms with Gasteiger partial charge in [-0.05, 0) is 49.4 Å². The summed E-state index contributed by atoms with van der Waals surface area (Å²) in [7, 11) is 2.85. The van der Waals surface area contributed by atoms with Crippen molar-refractivity contribution in [3.63, 3.8) is 0 Å². The van der Waals surface area contributed by atoms with E-state index >= 15 is 0 Å². The fourth-order valence-electron chi connectivity index (χ4n) is 2.77. The van der Waals surface area contributed by atoms with Crippen molar-refractivity contribution < 1.29 is 28.6 Å². The van der Waals surface area contributed by atoms with Gasteiger partial charge in [0.2, 0.25) is 0 Å². The van der Waals surface area contributed by atoms with E-state index in [0.29, 0.717) is 21.7 Å². The van der Waals surface area contributed by atoms with Crippen LogP contribution in [0.5, 0.6) is 5.75 Å². The lowest BCUT2D eigenvalue weighted by molar-refractivity contribution is -0.143. The van der Waals surface area contributed by atoms with Crippen LogP contribution in [0.2, 0.25) is 0 Å². The molecule has 30 heavy (non-hydrogen) atoms. The number of carbonyl (C=O) groups is 3. The second-order valence-corrected chi connectivity index (χ2v) is 7.10. The van der Waals surface area contributed by atoms with Crippen molar-refractivity contribution in [2.24, 2.45) is 4.99 Å². The number of aromatic nitrogens is 1. The monoisotopic (exact) mass is 428 g/mol. The van der Waals surface area contributed by atoms with E-state index in [4.69, 9.17) is 9.47 Å². The van der Waals surface area contributed by atoms with Crippen LogP contribution in [0.25, 0.3) is 10.2 Å². The number of rotatable bonds is 6. The summed E-state index contributed by atoms with van der Waals surface area (Å²) < 4.78 is 17.4. The third-order valence-corrected chi connectivity index (χ3v) is 5.27. The smallest absolute Gasteiger partial charge is 0.337 e. The zero-order chi connectivity index (χ0) is 21.7. The van der Waals surface area contributed by atoms with E-state index in [1.54, 1.807) is 30.7 Å². The van der Waals surface area contributed by atoms with E-state index in [-0.39, 0.29) is 13.2 Å². The number of thiazole rings is 1. The second-order valence-electron chi connectivity index (χ2n) is 6.10. The van der Waals surface area contributed by atoms with Crippen molar-refractivity contribution in [1.29, 1.82) is 0 Å². The van der Waals surface area contributed by atoms with Gasteiger partial charge in [-0.2, -0.15) is 4.99 Å². The van der Waals surface area contributed by atoms with Gasteiger partial charge >= 0.3 is 11.9 Å². The van der Waals surface area contributed by atoms with Crippen LogP contribution in [-0.4, -0.2) is 43.2 Å². The molecule has 8 nitrogen and oxygen atoms in total. The summed E-state index contributed by atoms with van der Waals surface area (Å²) in [6.45, 7) is 1.91. The first-order valence-electron chi connectivity index (χ1n) is 9.07. The average molecular weight is 428 g/mol. The predicted octanol–water partition coefficient (Wildman–Crippen LogP) is 2.80. The summed E-state index contributed by atoms with van der Waals surface area (Å²) in [6, 6.07) is 11.4. The van der Waals surface area contributed by atoms with E-state index in [1.165, 1.54) is 42.7 Å². The van der Waals surface area contributed by atoms with Crippen molar-refractivity contribution in [3.8, 4) is 5.75 Å². The Morgan fingerprint density at radius 3 is 2.37 bits per heavy atom. The lowest BCUT2D eigenvalue weighted by Crippen LogP contribution is -2.23. The minimum absolute atomic E-state index is 0.0758. The highest BCUT2D eigenvalue weighted by Crippen LogP contribution is 2.23. The van der Waals surface area contributed by atoms with Crippen molar-refractivity contribution >= 4 is 39.4 Å². The first-order valence-corrected chi connectivity index (χ1v) is 9.89. The Kier molecular flexibility index (Phi) is 6.63. The quantitative estimate of drug-likeness (QED) is 0.560. The van der Waals surface area contributed by atoms with Gasteiger partial charge in [-0.15, -0.1) is 0 Å². The molecule has 0 bridgehead atoms. The maximum absolute atomic E-state index is 12.7. The molecular weight excluding hydrogens is 408 g/mol. The van der Waals surface area contributed by atoms with E-state index < -0.39 is 17.8 Å². The molecule has 0 unspecified atom stereocenters. The van der Waals surface area contributed by atoms with Gasteiger partial charge in [-0.3, -0.25) is 9.59 Å². The summed E-state index contributed by atoms with van der Waals surface area (Å²) in [5, 5.41) is 0. The molecule has 0 radical (unpaired) electrons. The molecule has 0 fully saturated rings. The summed E-state index contributed by atoms with van der Waals surface area (Å²) in [4.78, 5) is 40.9. The number of ether oxygens (including phenoxy) is 3. The maximum atomic E-state index is 12.7. The molecule has 0 aliphatic heterocycles. The van der Waals surface area contributed by atoms with Crippen molar-refractivity contribution in [2.75, 3.05) is 20.8 Å². The fraction of sp³-hybridized carbons (Fsp3) is 0.238. The minimum atomic E-state index is -0.498. The third-order valence-electron chi connectivity index (χ3n) is 4.23. The highest BCUT2D eigenvalue weighted by atomic mass is 32.1. The maximum Gasteiger partial charge on any atom is 0.337 e. The van der Waals surface area contributed by atoms with Crippen LogP contribution in [0.15, 0.2) is 47.5 Å². The highest BCUT2D eigenvalue weighted by Gasteiger charge is 2.14. The second kappa shape index (κ2) is 9.36. The van der Waals surface area contributed by atoms with Gasteiger partial charge < -0.3 is 18.8 Å². The number of fused-ring (bicyclic) bond motifs is 1. The molecule has 0 aliphatic rings. The van der Waals surface area contributed by atoms with Gasteiger partial charge in [0.1, 0.15) is 12.3 Å². The Morgan fingerprint density at radius 1 is 1.03 bits per heavy atom. The molecule has 0 saturated heterocycles. The summed E-state index contributed by atoms with van der Waals surface area (Å²) in [5.74, 6) is -0.758. The van der Waals surface area contributed by atoms with Crippen LogP contribution in [0, 0.1) is 0 Å². The fourth-order valence-corrected chi connectivity index (χ4v) is 3.83. The average Bonchev–Trinajstić information content (AvgIpc) is 3.09. The molecule has 1 aromatic heterocycles. The summed E-state index contributed by atoms with van der Waals surface area (Å²) in [6.07, 6.45) is 0. The molecule has 0 N–H and O–H groups in total. The number of esters is 2. The van der Waals surface area contributed by atoms with Crippen LogP contribution in [0.3, 0.4) is 0 Å². The number of benzene rings is 2. The Balaban J connectivity index is 2.03. The lowest BCUT2D eigenvalue weighted by atomic mass is 10.1. The molecule has 2 aromatic carbocycles. The van der Waals surface area contributed by atoms with Crippen molar-refractivity contribution in [1.82, 2.24) is 4.57 Å². The Labute approximate surface area is 176 Å². The molecule has 156 valence electrons. The number of hydrogen-bond acceptors (Lipinski definition) is 7. The van der Waals surface area contributed by atoms with Crippen LogP contribution in [0.1, 0.15) is 27.6 Å². The lowest BCUT2D eigenvalue weighted by Gasteiger charge is -2.05. The molecule has 0 spiro atoms. The van der Waals surface area contributed by atoms with Gasteiger partial charge in [0, 0.05) is 5.56 Å². The standard InChI is InChI=1S/C21H20N2O6S/c1-4-29-18(24)12-23-16-10-9-15(27-2)11-17(16)30-21(23)22-19(25)13-5-7-14(8-6-13)20(26)28-3/h5-11H,4,12H2,1-3H3. The van der Waals surface area contributed by atoms with Crippen LogP contribution < -0.4 is 9.54 Å².